The van der Waals surface area contributed by atoms with Gasteiger partial charge in [0.2, 0.25) is 0 Å². The monoisotopic (exact) mass is 339 g/mol. The molecule has 0 spiro atoms. The molecule has 0 radical (unpaired) electrons. The molecule has 2 rings (SSSR count). The van der Waals surface area contributed by atoms with Crippen molar-refractivity contribution in [2.75, 3.05) is 0 Å². The Kier molecular flexibility index (Phi) is 6.63. The Hall–Kier alpha value is -2.29. The fourth-order valence-electron chi connectivity index (χ4n) is 2.82. The summed E-state index contributed by atoms with van der Waals surface area (Å²) < 4.78 is 5.96. The fraction of sp³-hybridized carbons (Fsp3) is 0.409. The average molecular weight is 339 g/mol. The maximum absolute atomic E-state index is 12.6. The molecule has 3 nitrogen and oxygen atoms in total. The lowest BCUT2D eigenvalue weighted by Crippen LogP contribution is -2.38. The van der Waals surface area contributed by atoms with Crippen LogP contribution in [0.5, 0.6) is 5.75 Å². The Morgan fingerprint density at radius 3 is 2.28 bits per heavy atom. The van der Waals surface area contributed by atoms with Gasteiger partial charge in [0.05, 0.1) is 6.04 Å². The third kappa shape index (κ3) is 5.09. The maximum atomic E-state index is 12.6. The second kappa shape index (κ2) is 8.70. The summed E-state index contributed by atoms with van der Waals surface area (Å²) in [4.78, 5) is 12.6. The van der Waals surface area contributed by atoms with Gasteiger partial charge in [0, 0.05) is 0 Å². The number of para-hydroxylation sites is 1. The standard InChI is InChI=1S/C22H29NO2/c1-6-20(18-13-11-16(4)12-14-18)23-22(24)17(5)25-21-10-8-7-9-19(21)15(2)3/h7-15,17,20H,6H2,1-5H3,(H,23,24). The highest BCUT2D eigenvalue weighted by atomic mass is 16.5. The number of hydrogen-bond acceptors (Lipinski definition) is 2. The molecular weight excluding hydrogens is 310 g/mol. The van der Waals surface area contributed by atoms with E-state index in [4.69, 9.17) is 4.74 Å². The van der Waals surface area contributed by atoms with Crippen molar-refractivity contribution in [2.24, 2.45) is 0 Å². The number of rotatable bonds is 7. The van der Waals surface area contributed by atoms with Crippen molar-refractivity contribution in [2.45, 2.75) is 59.1 Å². The smallest absolute Gasteiger partial charge is 0.261 e. The average Bonchev–Trinajstić information content (AvgIpc) is 2.60. The van der Waals surface area contributed by atoms with Crippen LogP contribution in [0.15, 0.2) is 48.5 Å². The largest absolute Gasteiger partial charge is 0.481 e. The van der Waals surface area contributed by atoms with E-state index in [0.717, 1.165) is 23.3 Å². The summed E-state index contributed by atoms with van der Waals surface area (Å²) in [5.41, 5.74) is 3.45. The van der Waals surface area contributed by atoms with E-state index in [-0.39, 0.29) is 11.9 Å². The molecule has 0 aromatic heterocycles. The van der Waals surface area contributed by atoms with Crippen LogP contribution in [0.1, 0.15) is 62.8 Å². The van der Waals surface area contributed by atoms with Crippen molar-refractivity contribution in [3.63, 3.8) is 0 Å². The second-order valence-electron chi connectivity index (χ2n) is 6.83. The summed E-state index contributed by atoms with van der Waals surface area (Å²) in [6.45, 7) is 10.2. The minimum Gasteiger partial charge on any atom is -0.481 e. The molecule has 3 heteroatoms. The number of benzene rings is 2. The zero-order valence-corrected chi connectivity index (χ0v) is 15.9. The molecule has 0 aliphatic heterocycles. The van der Waals surface area contributed by atoms with Gasteiger partial charge in [-0.2, -0.15) is 0 Å². The topological polar surface area (TPSA) is 38.3 Å². The Morgan fingerprint density at radius 2 is 1.68 bits per heavy atom. The van der Waals surface area contributed by atoms with Crippen LogP contribution in [0.3, 0.4) is 0 Å². The van der Waals surface area contributed by atoms with Gasteiger partial charge in [0.15, 0.2) is 6.10 Å². The van der Waals surface area contributed by atoms with Crippen LogP contribution in [-0.2, 0) is 4.79 Å². The lowest BCUT2D eigenvalue weighted by atomic mass is 10.0. The third-order valence-electron chi connectivity index (χ3n) is 4.42. The van der Waals surface area contributed by atoms with E-state index in [0.29, 0.717) is 5.92 Å². The molecule has 0 fully saturated rings. The van der Waals surface area contributed by atoms with Gasteiger partial charge in [0.25, 0.3) is 5.91 Å². The molecule has 134 valence electrons. The Morgan fingerprint density at radius 1 is 1.04 bits per heavy atom. The summed E-state index contributed by atoms with van der Waals surface area (Å²) >= 11 is 0. The fourth-order valence-corrected chi connectivity index (χ4v) is 2.82. The van der Waals surface area contributed by atoms with Crippen molar-refractivity contribution in [1.29, 1.82) is 0 Å². The lowest BCUT2D eigenvalue weighted by molar-refractivity contribution is -0.128. The third-order valence-corrected chi connectivity index (χ3v) is 4.42. The first kappa shape index (κ1) is 19.0. The number of amides is 1. The van der Waals surface area contributed by atoms with Gasteiger partial charge in [-0.1, -0.05) is 68.8 Å². The number of carbonyl (C=O) groups excluding carboxylic acids is 1. The molecule has 0 aliphatic carbocycles. The summed E-state index contributed by atoms with van der Waals surface area (Å²) in [6.07, 6.45) is 0.295. The summed E-state index contributed by atoms with van der Waals surface area (Å²) in [6, 6.07) is 16.2. The molecule has 1 N–H and O–H groups in total. The molecule has 0 aliphatic rings. The highest BCUT2D eigenvalue weighted by molar-refractivity contribution is 5.81. The first-order valence-electron chi connectivity index (χ1n) is 9.04. The zero-order valence-electron chi connectivity index (χ0n) is 15.9. The summed E-state index contributed by atoms with van der Waals surface area (Å²) in [5, 5.41) is 3.11. The maximum Gasteiger partial charge on any atom is 0.261 e. The zero-order chi connectivity index (χ0) is 18.4. The number of carbonyl (C=O) groups is 1. The Balaban J connectivity index is 2.05. The van der Waals surface area contributed by atoms with Crippen LogP contribution in [0.25, 0.3) is 0 Å². The van der Waals surface area contributed by atoms with Crippen molar-refractivity contribution >= 4 is 5.91 Å². The minimum atomic E-state index is -0.542. The second-order valence-corrected chi connectivity index (χ2v) is 6.83. The van der Waals surface area contributed by atoms with Crippen LogP contribution in [0, 0.1) is 6.92 Å². The van der Waals surface area contributed by atoms with Crippen LogP contribution in [0.2, 0.25) is 0 Å². The highest BCUT2D eigenvalue weighted by Crippen LogP contribution is 2.27. The number of hydrogen-bond donors (Lipinski definition) is 1. The number of ether oxygens (including phenoxy) is 1. The molecule has 0 heterocycles. The first-order valence-corrected chi connectivity index (χ1v) is 9.04. The van der Waals surface area contributed by atoms with E-state index in [1.165, 1.54) is 5.56 Å². The van der Waals surface area contributed by atoms with Gasteiger partial charge >= 0.3 is 0 Å². The van der Waals surface area contributed by atoms with Gasteiger partial charge < -0.3 is 10.1 Å². The number of aryl methyl sites for hydroxylation is 1. The molecule has 25 heavy (non-hydrogen) atoms. The normalized spacial score (nSPS) is 13.4. The van der Waals surface area contributed by atoms with Gasteiger partial charge in [0.1, 0.15) is 5.75 Å². The van der Waals surface area contributed by atoms with E-state index in [2.05, 4.69) is 57.3 Å². The molecule has 2 aromatic rings. The molecule has 0 bridgehead atoms. The van der Waals surface area contributed by atoms with Crippen LogP contribution in [-0.4, -0.2) is 12.0 Å². The molecular formula is C22H29NO2. The van der Waals surface area contributed by atoms with Gasteiger partial charge in [-0.3, -0.25) is 4.79 Å². The van der Waals surface area contributed by atoms with Crippen molar-refractivity contribution in [3.8, 4) is 5.75 Å². The summed E-state index contributed by atoms with van der Waals surface area (Å²) in [5.74, 6) is 1.04. The van der Waals surface area contributed by atoms with E-state index in [9.17, 15) is 4.79 Å². The van der Waals surface area contributed by atoms with Crippen molar-refractivity contribution in [3.05, 3.63) is 65.2 Å². The van der Waals surface area contributed by atoms with Crippen LogP contribution >= 0.6 is 0 Å². The predicted molar refractivity (Wildman–Crippen MR) is 103 cm³/mol. The van der Waals surface area contributed by atoms with Crippen LogP contribution in [0.4, 0.5) is 0 Å². The van der Waals surface area contributed by atoms with E-state index in [1.54, 1.807) is 6.92 Å². The minimum absolute atomic E-state index is 0.000470. The Bertz CT molecular complexity index is 691. The first-order chi connectivity index (χ1) is 11.9. The lowest BCUT2D eigenvalue weighted by Gasteiger charge is -2.22. The molecule has 0 saturated heterocycles. The number of nitrogens with one attached hydrogen (secondary N) is 1. The summed E-state index contributed by atoms with van der Waals surface area (Å²) in [7, 11) is 0. The predicted octanol–water partition coefficient (Wildman–Crippen LogP) is 5.15. The quantitative estimate of drug-likeness (QED) is 0.757. The van der Waals surface area contributed by atoms with Gasteiger partial charge in [-0.15, -0.1) is 0 Å². The highest BCUT2D eigenvalue weighted by Gasteiger charge is 2.20. The molecule has 2 unspecified atom stereocenters. The SMILES string of the molecule is CCC(NC(=O)C(C)Oc1ccccc1C(C)C)c1ccc(C)cc1. The van der Waals surface area contributed by atoms with E-state index < -0.39 is 6.10 Å². The van der Waals surface area contributed by atoms with Crippen molar-refractivity contribution in [1.82, 2.24) is 5.32 Å². The Labute approximate surface area is 151 Å². The van der Waals surface area contributed by atoms with E-state index in [1.807, 2.05) is 24.3 Å². The molecule has 2 aromatic carbocycles. The van der Waals surface area contributed by atoms with Crippen molar-refractivity contribution < 1.29 is 9.53 Å². The molecule has 0 saturated carbocycles. The molecule has 1 amide bonds. The van der Waals surface area contributed by atoms with Gasteiger partial charge in [-0.25, -0.2) is 0 Å². The van der Waals surface area contributed by atoms with Gasteiger partial charge in [-0.05, 0) is 43.4 Å². The van der Waals surface area contributed by atoms with E-state index >= 15 is 0 Å². The molecule has 2 atom stereocenters. The van der Waals surface area contributed by atoms with Crippen LogP contribution < -0.4 is 10.1 Å².